The average molecular weight is 251 g/mol. The van der Waals surface area contributed by atoms with E-state index in [1.807, 2.05) is 0 Å². The van der Waals surface area contributed by atoms with Crippen LogP contribution in [0.1, 0.15) is 18.6 Å². The van der Waals surface area contributed by atoms with Crippen LogP contribution in [-0.2, 0) is 19.1 Å². The van der Waals surface area contributed by atoms with Crippen molar-refractivity contribution in [3.63, 3.8) is 0 Å². The largest absolute Gasteiger partial charge is 0.389 e. The lowest BCUT2D eigenvalue weighted by Crippen LogP contribution is -2.36. The minimum absolute atomic E-state index is 0.323. The van der Waals surface area contributed by atoms with Gasteiger partial charge in [0.15, 0.2) is 6.10 Å². The Labute approximate surface area is 104 Å². The summed E-state index contributed by atoms with van der Waals surface area (Å²) < 4.78 is 4.43. The maximum Gasteiger partial charge on any atom is 0.347 e. The molecule has 0 spiro atoms. The van der Waals surface area contributed by atoms with E-state index in [1.54, 1.807) is 18.2 Å². The number of esters is 2. The Balaban J connectivity index is 2.61. The number of carbonyl (C=O) groups excluding carboxylic acids is 3. The van der Waals surface area contributed by atoms with Gasteiger partial charge in [0.1, 0.15) is 6.04 Å². The Hall–Kier alpha value is -2.21. The highest BCUT2D eigenvalue weighted by molar-refractivity contribution is 5.91. The molecule has 6 nitrogen and oxygen atoms in total. The summed E-state index contributed by atoms with van der Waals surface area (Å²) in [5, 5.41) is 11.8. The highest BCUT2D eigenvalue weighted by Crippen LogP contribution is 2.13. The van der Waals surface area contributed by atoms with Crippen molar-refractivity contribution in [3.05, 3.63) is 35.9 Å². The van der Waals surface area contributed by atoms with Crippen LogP contribution in [0, 0.1) is 0 Å². The maximum absolute atomic E-state index is 11.5. The fourth-order valence-electron chi connectivity index (χ4n) is 1.18. The topological polar surface area (TPSA) is 92.7 Å². The zero-order valence-electron chi connectivity index (χ0n) is 9.70. The van der Waals surface area contributed by atoms with Gasteiger partial charge in [-0.15, -0.1) is 0 Å². The number of benzene rings is 1. The van der Waals surface area contributed by atoms with Crippen molar-refractivity contribution in [2.75, 3.05) is 0 Å². The van der Waals surface area contributed by atoms with Crippen molar-refractivity contribution in [1.82, 2.24) is 5.32 Å². The van der Waals surface area contributed by atoms with E-state index in [4.69, 9.17) is 0 Å². The molecule has 0 saturated carbocycles. The number of carbonyl (C=O) groups is 3. The Kier molecular flexibility index (Phi) is 5.01. The third kappa shape index (κ3) is 3.67. The first-order valence-corrected chi connectivity index (χ1v) is 5.24. The van der Waals surface area contributed by atoms with E-state index in [0.717, 1.165) is 0 Å². The first-order chi connectivity index (χ1) is 8.56. The number of hydrogen-bond donors (Lipinski definition) is 2. The molecule has 0 bridgehead atoms. The molecule has 1 rings (SSSR count). The fraction of sp³-hybridized carbons (Fsp3) is 0.250. The summed E-state index contributed by atoms with van der Waals surface area (Å²) >= 11 is 0. The van der Waals surface area contributed by atoms with E-state index < -0.39 is 24.1 Å². The van der Waals surface area contributed by atoms with Crippen LogP contribution in [0.25, 0.3) is 0 Å². The number of ether oxygens (including phenoxy) is 1. The zero-order chi connectivity index (χ0) is 13.5. The highest BCUT2D eigenvalue weighted by Gasteiger charge is 2.24. The van der Waals surface area contributed by atoms with E-state index >= 15 is 0 Å². The van der Waals surface area contributed by atoms with Gasteiger partial charge in [0.05, 0.1) is 0 Å². The summed E-state index contributed by atoms with van der Waals surface area (Å²) in [7, 11) is 0. The van der Waals surface area contributed by atoms with Gasteiger partial charge in [-0.1, -0.05) is 30.3 Å². The number of hydrogen-bond acceptors (Lipinski definition) is 5. The van der Waals surface area contributed by atoms with Gasteiger partial charge in [-0.3, -0.25) is 4.79 Å². The van der Waals surface area contributed by atoms with Crippen LogP contribution in [0.2, 0.25) is 0 Å². The Morgan fingerprint density at radius 3 is 2.44 bits per heavy atom. The molecule has 0 radical (unpaired) electrons. The standard InChI is InChI=1S/C12H13NO5/c1-8(13-7-14)11(16)18-12(17)10(15)9-5-3-2-4-6-9/h2-8,10,15H,1H3,(H,13,14)/t8-,10+/m0/s1. The second-order valence-corrected chi connectivity index (χ2v) is 3.56. The molecule has 0 heterocycles. The Bertz CT molecular complexity index is 431. The van der Waals surface area contributed by atoms with Crippen LogP contribution in [0.15, 0.2) is 30.3 Å². The molecule has 1 aromatic rings. The third-order valence-electron chi connectivity index (χ3n) is 2.21. The predicted octanol–water partition coefficient (Wildman–Crippen LogP) is -0.0757. The van der Waals surface area contributed by atoms with Crippen LogP contribution in [0.5, 0.6) is 0 Å². The molecule has 0 aliphatic heterocycles. The minimum atomic E-state index is -1.53. The van der Waals surface area contributed by atoms with Gasteiger partial charge < -0.3 is 15.2 Å². The minimum Gasteiger partial charge on any atom is -0.389 e. The quantitative estimate of drug-likeness (QED) is 0.434. The summed E-state index contributed by atoms with van der Waals surface area (Å²) in [4.78, 5) is 32.9. The molecule has 0 aliphatic carbocycles. The van der Waals surface area contributed by atoms with Gasteiger partial charge in [0.25, 0.3) is 0 Å². The van der Waals surface area contributed by atoms with E-state index in [-0.39, 0.29) is 0 Å². The molecule has 0 aromatic heterocycles. The summed E-state index contributed by atoms with van der Waals surface area (Å²) in [5.74, 6) is -2.01. The zero-order valence-corrected chi connectivity index (χ0v) is 9.70. The molecule has 2 atom stereocenters. The van der Waals surface area contributed by atoms with Crippen molar-refractivity contribution in [2.24, 2.45) is 0 Å². The molecule has 0 aliphatic rings. The summed E-state index contributed by atoms with van der Waals surface area (Å²) in [6.07, 6.45) is -1.21. The van der Waals surface area contributed by atoms with E-state index in [2.05, 4.69) is 10.1 Å². The number of aliphatic hydroxyl groups is 1. The first-order valence-electron chi connectivity index (χ1n) is 5.24. The summed E-state index contributed by atoms with van der Waals surface area (Å²) in [5.41, 5.74) is 0.325. The second kappa shape index (κ2) is 6.51. The van der Waals surface area contributed by atoms with Crippen LogP contribution >= 0.6 is 0 Å². The van der Waals surface area contributed by atoms with Gasteiger partial charge in [-0.05, 0) is 12.5 Å². The Morgan fingerprint density at radius 1 is 1.28 bits per heavy atom. The molecule has 2 N–H and O–H groups in total. The van der Waals surface area contributed by atoms with Crippen LogP contribution in [-0.4, -0.2) is 29.5 Å². The predicted molar refractivity (Wildman–Crippen MR) is 61.2 cm³/mol. The summed E-state index contributed by atoms with van der Waals surface area (Å²) in [6.45, 7) is 1.36. The summed E-state index contributed by atoms with van der Waals surface area (Å²) in [6, 6.07) is 7.12. The van der Waals surface area contributed by atoms with Crippen molar-refractivity contribution in [1.29, 1.82) is 0 Å². The number of amides is 1. The van der Waals surface area contributed by atoms with E-state index in [1.165, 1.54) is 19.1 Å². The lowest BCUT2D eigenvalue weighted by Gasteiger charge is -2.12. The van der Waals surface area contributed by atoms with Gasteiger partial charge in [0, 0.05) is 0 Å². The normalized spacial score (nSPS) is 13.2. The first kappa shape index (κ1) is 13.9. The molecule has 96 valence electrons. The lowest BCUT2D eigenvalue weighted by molar-refractivity contribution is -0.167. The maximum atomic E-state index is 11.5. The fourth-order valence-corrected chi connectivity index (χ4v) is 1.18. The highest BCUT2D eigenvalue weighted by atomic mass is 16.6. The monoisotopic (exact) mass is 251 g/mol. The smallest absolute Gasteiger partial charge is 0.347 e. The Morgan fingerprint density at radius 2 is 1.89 bits per heavy atom. The molecule has 0 unspecified atom stereocenters. The number of nitrogens with one attached hydrogen (secondary N) is 1. The van der Waals surface area contributed by atoms with Crippen molar-refractivity contribution in [2.45, 2.75) is 19.1 Å². The molecular weight excluding hydrogens is 238 g/mol. The van der Waals surface area contributed by atoms with Crippen molar-refractivity contribution < 1.29 is 24.2 Å². The molecule has 0 saturated heterocycles. The second-order valence-electron chi connectivity index (χ2n) is 3.56. The van der Waals surface area contributed by atoms with E-state index in [0.29, 0.717) is 12.0 Å². The van der Waals surface area contributed by atoms with Gasteiger partial charge in [0.2, 0.25) is 6.41 Å². The van der Waals surface area contributed by atoms with Gasteiger partial charge in [-0.25, -0.2) is 9.59 Å². The molecule has 1 amide bonds. The molecule has 0 fully saturated rings. The molecule has 1 aromatic carbocycles. The molecular formula is C12H13NO5. The lowest BCUT2D eigenvalue weighted by atomic mass is 10.1. The molecule has 18 heavy (non-hydrogen) atoms. The van der Waals surface area contributed by atoms with Gasteiger partial charge >= 0.3 is 11.9 Å². The van der Waals surface area contributed by atoms with Gasteiger partial charge in [-0.2, -0.15) is 0 Å². The molecule has 6 heteroatoms. The third-order valence-corrected chi connectivity index (χ3v) is 2.21. The van der Waals surface area contributed by atoms with Crippen LogP contribution in [0.4, 0.5) is 0 Å². The number of aliphatic hydroxyl groups excluding tert-OH is 1. The van der Waals surface area contributed by atoms with Crippen LogP contribution < -0.4 is 5.32 Å². The average Bonchev–Trinajstić information content (AvgIpc) is 2.39. The number of rotatable bonds is 5. The SMILES string of the molecule is C[C@H](NC=O)C(=O)OC(=O)[C@H](O)c1ccccc1. The van der Waals surface area contributed by atoms with Crippen molar-refractivity contribution >= 4 is 18.3 Å². The van der Waals surface area contributed by atoms with Crippen LogP contribution in [0.3, 0.4) is 0 Å². The van der Waals surface area contributed by atoms with E-state index in [9.17, 15) is 19.5 Å². The van der Waals surface area contributed by atoms with Crippen molar-refractivity contribution in [3.8, 4) is 0 Å².